The number of rotatable bonds is 17. The van der Waals surface area contributed by atoms with Gasteiger partial charge < -0.3 is 30.3 Å². The van der Waals surface area contributed by atoms with Crippen molar-refractivity contribution in [3.63, 3.8) is 0 Å². The van der Waals surface area contributed by atoms with Crippen molar-refractivity contribution in [2.45, 2.75) is 84.8 Å². The molecule has 0 saturated carbocycles. The Morgan fingerprint density at radius 1 is 1.04 bits per heavy atom. The number of nitrogens with zero attached hydrogens (tertiary/aromatic N) is 2. The molecular formula is C39H53N3O6. The number of allylic oxidation sites excluding steroid dienone is 3. The molecule has 1 unspecified atom stereocenters. The van der Waals surface area contributed by atoms with Gasteiger partial charge in [0, 0.05) is 36.9 Å². The van der Waals surface area contributed by atoms with Crippen LogP contribution in [0.15, 0.2) is 71.8 Å². The summed E-state index contributed by atoms with van der Waals surface area (Å²) in [4.78, 5) is 31.6. The van der Waals surface area contributed by atoms with Crippen LogP contribution in [0, 0.1) is 5.92 Å². The van der Waals surface area contributed by atoms with Crippen LogP contribution < -0.4 is 19.9 Å². The zero-order chi connectivity index (χ0) is 34.8. The van der Waals surface area contributed by atoms with Gasteiger partial charge in [0.25, 0.3) is 5.91 Å². The van der Waals surface area contributed by atoms with Crippen molar-refractivity contribution in [1.82, 2.24) is 5.32 Å². The number of aliphatic hydroxyl groups is 3. The number of carbonyl (C=O) groups is 2. The Bertz CT molecular complexity index is 1530. The highest BCUT2D eigenvalue weighted by Crippen LogP contribution is 2.48. The molecule has 0 aliphatic carbocycles. The van der Waals surface area contributed by atoms with Crippen molar-refractivity contribution in [2.24, 2.45) is 5.92 Å². The first kappa shape index (κ1) is 37.1. The minimum atomic E-state index is -1.87. The summed E-state index contributed by atoms with van der Waals surface area (Å²) in [6, 6.07) is 10.7. The number of anilines is 3. The topological polar surface area (TPSA) is 123 Å². The number of aliphatic hydroxyl groups excluding tert-OH is 2. The molecule has 2 heterocycles. The molecule has 0 aromatic heterocycles. The molecule has 3 atom stereocenters. The summed E-state index contributed by atoms with van der Waals surface area (Å²) >= 11 is 0. The van der Waals surface area contributed by atoms with E-state index in [9.17, 15) is 24.9 Å². The van der Waals surface area contributed by atoms with Crippen LogP contribution >= 0.6 is 0 Å². The standard InChI is InChI=1S/C39H53N3O6/c1-6-48-32-16-18-35-30(24-32)25-34(40-20-8-10-23-44)37(45)42(35)31-15-17-36-33(26-31)39(47,29(5)14-7-9-22-43)38(46)41(36)21-19-28(4)13-11-12-27(2)3/h7,12,14-19,24,26,29,34,40,43-44,47H,6,8-11,13,20-23,25H2,1-5H3/b14-7+,28-19+/t29-,34?,39+/m1/s1. The van der Waals surface area contributed by atoms with Gasteiger partial charge in [-0.1, -0.05) is 42.4 Å². The number of ether oxygens (including phenoxy) is 1. The lowest BCUT2D eigenvalue weighted by Gasteiger charge is -2.35. The number of hydrogen-bond donors (Lipinski definition) is 4. The second-order valence-electron chi connectivity index (χ2n) is 13.0. The molecule has 0 radical (unpaired) electrons. The van der Waals surface area contributed by atoms with E-state index in [4.69, 9.17) is 4.74 Å². The molecule has 0 fully saturated rings. The predicted molar refractivity (Wildman–Crippen MR) is 192 cm³/mol. The van der Waals surface area contributed by atoms with Gasteiger partial charge in [0.15, 0.2) is 5.60 Å². The van der Waals surface area contributed by atoms with Crippen LogP contribution in [0.3, 0.4) is 0 Å². The molecule has 0 spiro atoms. The van der Waals surface area contributed by atoms with Crippen molar-refractivity contribution in [1.29, 1.82) is 0 Å². The van der Waals surface area contributed by atoms with E-state index in [0.717, 1.165) is 41.8 Å². The zero-order valence-electron chi connectivity index (χ0n) is 29.2. The number of fused-ring (bicyclic) bond motifs is 2. The third kappa shape index (κ3) is 8.26. The van der Waals surface area contributed by atoms with E-state index in [0.29, 0.717) is 55.9 Å². The van der Waals surface area contributed by atoms with Crippen molar-refractivity contribution in [3.8, 4) is 5.75 Å². The summed E-state index contributed by atoms with van der Waals surface area (Å²) in [6.45, 7) is 11.4. The van der Waals surface area contributed by atoms with E-state index in [-0.39, 0.29) is 19.1 Å². The minimum Gasteiger partial charge on any atom is -0.494 e. The average Bonchev–Trinajstić information content (AvgIpc) is 3.28. The Balaban J connectivity index is 1.77. The number of hydrogen-bond acceptors (Lipinski definition) is 7. The summed E-state index contributed by atoms with van der Waals surface area (Å²) in [5, 5.41) is 34.3. The Morgan fingerprint density at radius 2 is 1.81 bits per heavy atom. The molecule has 260 valence electrons. The zero-order valence-corrected chi connectivity index (χ0v) is 29.2. The first-order valence-electron chi connectivity index (χ1n) is 17.3. The fraction of sp³-hybridized carbons (Fsp3) is 0.487. The minimum absolute atomic E-state index is 0.0318. The summed E-state index contributed by atoms with van der Waals surface area (Å²) in [6.07, 6.45) is 11.9. The molecule has 2 aliphatic rings. The lowest BCUT2D eigenvalue weighted by Crippen LogP contribution is -2.49. The van der Waals surface area contributed by atoms with Crippen molar-refractivity contribution >= 4 is 28.9 Å². The number of benzene rings is 2. The van der Waals surface area contributed by atoms with Crippen LogP contribution in [-0.2, 0) is 21.6 Å². The van der Waals surface area contributed by atoms with Crippen LogP contribution in [0.4, 0.5) is 17.1 Å². The summed E-state index contributed by atoms with van der Waals surface area (Å²) < 4.78 is 5.78. The molecule has 2 aliphatic heterocycles. The molecule has 48 heavy (non-hydrogen) atoms. The maximum absolute atomic E-state index is 14.2. The molecule has 4 rings (SSSR count). The number of amides is 2. The second-order valence-corrected chi connectivity index (χ2v) is 13.0. The summed E-state index contributed by atoms with van der Waals surface area (Å²) in [5.41, 5.74) is 3.84. The second kappa shape index (κ2) is 17.1. The average molecular weight is 660 g/mol. The molecule has 9 nitrogen and oxygen atoms in total. The summed E-state index contributed by atoms with van der Waals surface area (Å²) in [7, 11) is 0. The van der Waals surface area contributed by atoms with Gasteiger partial charge in [0.1, 0.15) is 5.75 Å². The SMILES string of the molecule is CCOc1ccc2c(c1)CC(NCCCCO)C(=O)N2c1ccc2c(c1)[C@@](O)([C@H](C)/C=C/CCO)C(=O)N2C/C=C(\C)CCC=C(C)C. The molecule has 2 aromatic rings. The predicted octanol–water partition coefficient (Wildman–Crippen LogP) is 5.84. The molecular weight excluding hydrogens is 606 g/mol. The highest BCUT2D eigenvalue weighted by atomic mass is 16.5. The van der Waals surface area contributed by atoms with Gasteiger partial charge in [0.05, 0.1) is 24.0 Å². The largest absolute Gasteiger partial charge is 0.494 e. The first-order chi connectivity index (χ1) is 23.1. The molecule has 9 heteroatoms. The molecule has 2 aromatic carbocycles. The van der Waals surface area contributed by atoms with E-state index in [1.54, 1.807) is 34.9 Å². The fourth-order valence-corrected chi connectivity index (χ4v) is 6.43. The third-order valence-corrected chi connectivity index (χ3v) is 9.13. The van der Waals surface area contributed by atoms with Crippen LogP contribution in [0.25, 0.3) is 0 Å². The lowest BCUT2D eigenvalue weighted by atomic mass is 9.82. The molecule has 2 amide bonds. The molecule has 4 N–H and O–H groups in total. The van der Waals surface area contributed by atoms with E-state index in [1.807, 2.05) is 43.3 Å². The van der Waals surface area contributed by atoms with Gasteiger partial charge >= 0.3 is 0 Å². The van der Waals surface area contributed by atoms with Crippen molar-refractivity contribution in [2.75, 3.05) is 42.7 Å². The van der Waals surface area contributed by atoms with Gasteiger partial charge in [-0.2, -0.15) is 0 Å². The number of nitrogens with one attached hydrogen (secondary N) is 1. The van der Waals surface area contributed by atoms with E-state index >= 15 is 0 Å². The normalized spacial score (nSPS) is 19.9. The lowest BCUT2D eigenvalue weighted by molar-refractivity contribution is -0.139. The number of unbranched alkanes of at least 4 members (excludes halogenated alkanes) is 1. The maximum Gasteiger partial charge on any atom is 0.264 e. The Labute approximate surface area is 285 Å². The van der Waals surface area contributed by atoms with Crippen LogP contribution in [0.2, 0.25) is 0 Å². The van der Waals surface area contributed by atoms with Crippen molar-refractivity contribution < 1.29 is 29.6 Å². The highest BCUT2D eigenvalue weighted by Gasteiger charge is 2.52. The third-order valence-electron chi connectivity index (χ3n) is 9.13. The molecule has 0 saturated heterocycles. The van der Waals surface area contributed by atoms with Crippen LogP contribution in [0.5, 0.6) is 5.75 Å². The van der Waals surface area contributed by atoms with E-state index in [2.05, 4.69) is 32.2 Å². The monoisotopic (exact) mass is 659 g/mol. The van der Waals surface area contributed by atoms with Gasteiger partial charge in [-0.3, -0.25) is 14.5 Å². The Hall–Kier alpha value is -3.76. The van der Waals surface area contributed by atoms with Crippen molar-refractivity contribution in [3.05, 3.63) is 83.0 Å². The van der Waals surface area contributed by atoms with Gasteiger partial charge in [-0.15, -0.1) is 0 Å². The summed E-state index contributed by atoms with van der Waals surface area (Å²) in [5.74, 6) is -0.426. The fourth-order valence-electron chi connectivity index (χ4n) is 6.43. The highest BCUT2D eigenvalue weighted by molar-refractivity contribution is 6.10. The first-order valence-corrected chi connectivity index (χ1v) is 17.3. The van der Waals surface area contributed by atoms with E-state index < -0.39 is 23.5 Å². The Morgan fingerprint density at radius 3 is 2.52 bits per heavy atom. The van der Waals surface area contributed by atoms with Gasteiger partial charge in [-0.05, 0) is 115 Å². The van der Waals surface area contributed by atoms with E-state index in [1.165, 1.54) is 5.57 Å². The van der Waals surface area contributed by atoms with Gasteiger partial charge in [-0.25, -0.2) is 0 Å². The maximum atomic E-state index is 14.2. The number of carbonyl (C=O) groups excluding carboxylic acids is 2. The van der Waals surface area contributed by atoms with Crippen LogP contribution in [0.1, 0.15) is 77.8 Å². The van der Waals surface area contributed by atoms with Crippen LogP contribution in [-0.4, -0.2) is 66.1 Å². The quantitative estimate of drug-likeness (QED) is 0.124. The molecule has 0 bridgehead atoms. The van der Waals surface area contributed by atoms with Gasteiger partial charge in [0.2, 0.25) is 5.91 Å². The Kier molecular flexibility index (Phi) is 13.2. The smallest absolute Gasteiger partial charge is 0.264 e.